The normalized spacial score (nSPS) is 11.2. The molecule has 0 saturated carbocycles. The average molecular weight is 413 g/mol. The molecule has 0 aliphatic rings. The van der Waals surface area contributed by atoms with Gasteiger partial charge in [-0.3, -0.25) is 9.36 Å². The molecule has 1 amide bonds. The molecule has 0 aliphatic heterocycles. The molecule has 0 aliphatic carbocycles. The molecule has 0 radical (unpaired) electrons. The number of para-hydroxylation sites is 2. The van der Waals surface area contributed by atoms with Crippen molar-refractivity contribution in [2.24, 2.45) is 0 Å². The van der Waals surface area contributed by atoms with E-state index in [2.05, 4.69) is 46.1 Å². The van der Waals surface area contributed by atoms with E-state index in [1.54, 1.807) is 10.8 Å². The Morgan fingerprint density at radius 3 is 2.50 bits per heavy atom. The first-order chi connectivity index (χ1) is 14.7. The van der Waals surface area contributed by atoms with Crippen LogP contribution in [0.3, 0.4) is 0 Å². The predicted octanol–water partition coefficient (Wildman–Crippen LogP) is 5.91. The molecule has 0 unspecified atom stereocenters. The fourth-order valence-corrected chi connectivity index (χ4v) is 4.30. The molecular formula is C24H20N4OS. The summed E-state index contributed by atoms with van der Waals surface area (Å²) in [7, 11) is 0. The maximum absolute atomic E-state index is 13.1. The first-order valence-electron chi connectivity index (χ1n) is 9.85. The fourth-order valence-electron chi connectivity index (χ4n) is 4.04. The van der Waals surface area contributed by atoms with Crippen LogP contribution < -0.4 is 5.32 Å². The minimum absolute atomic E-state index is 0.218. The number of aryl methyl sites for hydroxylation is 1. The first-order valence-corrected chi connectivity index (χ1v) is 10.3. The highest BCUT2D eigenvalue weighted by Crippen LogP contribution is 2.31. The lowest BCUT2D eigenvalue weighted by Crippen LogP contribution is -2.16. The highest BCUT2D eigenvalue weighted by atomic mass is 32.1. The Hall–Kier alpha value is -3.64. The van der Waals surface area contributed by atoms with Gasteiger partial charge in [0.05, 0.1) is 0 Å². The summed E-state index contributed by atoms with van der Waals surface area (Å²) in [6.07, 6.45) is 1.64. The number of nitrogens with zero attached hydrogens (tertiary/aromatic N) is 2. The van der Waals surface area contributed by atoms with E-state index in [0.717, 1.165) is 28.8 Å². The zero-order chi connectivity index (χ0) is 20.7. The fraction of sp³-hybridized carbons (Fsp3) is 0.0833. The van der Waals surface area contributed by atoms with Crippen LogP contribution in [0.4, 0.5) is 5.69 Å². The van der Waals surface area contributed by atoms with Crippen LogP contribution in [0.25, 0.3) is 27.5 Å². The van der Waals surface area contributed by atoms with Crippen LogP contribution in [0, 0.1) is 4.77 Å². The Morgan fingerprint density at radius 2 is 1.70 bits per heavy atom. The average Bonchev–Trinajstić information content (AvgIpc) is 3.32. The van der Waals surface area contributed by atoms with Gasteiger partial charge in [0.15, 0.2) is 4.77 Å². The lowest BCUT2D eigenvalue weighted by atomic mass is 10.1. The molecule has 5 aromatic rings. The summed E-state index contributed by atoms with van der Waals surface area (Å²) in [4.78, 5) is 16.1. The van der Waals surface area contributed by atoms with Crippen molar-refractivity contribution in [3.8, 4) is 5.69 Å². The van der Waals surface area contributed by atoms with Gasteiger partial charge in [0.25, 0.3) is 5.91 Å². The summed E-state index contributed by atoms with van der Waals surface area (Å²) in [6.45, 7) is 3.03. The molecule has 148 valence electrons. The lowest BCUT2D eigenvalue weighted by Gasteiger charge is -2.10. The first kappa shape index (κ1) is 18.4. The van der Waals surface area contributed by atoms with Gasteiger partial charge in [0.2, 0.25) is 0 Å². The number of hydrogen-bond donors (Lipinski definition) is 2. The van der Waals surface area contributed by atoms with E-state index >= 15 is 0 Å². The molecular weight excluding hydrogens is 392 g/mol. The van der Waals surface area contributed by atoms with E-state index in [9.17, 15) is 4.79 Å². The third-order valence-electron chi connectivity index (χ3n) is 5.37. The number of carbonyl (C=O) groups excluding carboxylic acids is 1. The second-order valence-electron chi connectivity index (χ2n) is 7.10. The summed E-state index contributed by atoms with van der Waals surface area (Å²) in [5.41, 5.74) is 4.41. The maximum atomic E-state index is 13.1. The standard InChI is InChI=1S/C24H20N4OS/c1-2-27-20-11-7-6-10-18(20)19-14-16(12-13-21(19)27)26-23(29)22-15-25-24(30)28(22)17-8-4-3-5-9-17/h3-15H,2H2,1H3,(H,25,30)(H,26,29). The molecule has 2 N–H and O–H groups in total. The molecule has 30 heavy (non-hydrogen) atoms. The van der Waals surface area contributed by atoms with Gasteiger partial charge in [-0.05, 0) is 55.5 Å². The zero-order valence-corrected chi connectivity index (χ0v) is 17.2. The number of H-pyrrole nitrogens is 1. The van der Waals surface area contributed by atoms with Crippen LogP contribution in [0.2, 0.25) is 0 Å². The van der Waals surface area contributed by atoms with Crippen LogP contribution in [-0.4, -0.2) is 20.0 Å². The van der Waals surface area contributed by atoms with E-state index in [1.165, 1.54) is 10.9 Å². The van der Waals surface area contributed by atoms with E-state index < -0.39 is 0 Å². The molecule has 3 aromatic carbocycles. The van der Waals surface area contributed by atoms with Gasteiger partial charge in [0.1, 0.15) is 5.69 Å². The van der Waals surface area contributed by atoms with Crippen LogP contribution >= 0.6 is 12.2 Å². The predicted molar refractivity (Wildman–Crippen MR) is 124 cm³/mol. The Balaban J connectivity index is 1.55. The van der Waals surface area contributed by atoms with E-state index in [1.807, 2.05) is 48.5 Å². The topological polar surface area (TPSA) is 54.8 Å². The quantitative estimate of drug-likeness (QED) is 0.360. The second-order valence-corrected chi connectivity index (χ2v) is 7.48. The summed E-state index contributed by atoms with van der Waals surface area (Å²) in [5, 5.41) is 5.33. The molecule has 0 fully saturated rings. The monoisotopic (exact) mass is 412 g/mol. The van der Waals surface area contributed by atoms with Crippen LogP contribution in [0.5, 0.6) is 0 Å². The minimum Gasteiger partial charge on any atom is -0.341 e. The van der Waals surface area contributed by atoms with Crippen molar-refractivity contribution in [1.29, 1.82) is 0 Å². The Kier molecular flexibility index (Phi) is 4.48. The van der Waals surface area contributed by atoms with Gasteiger partial charge in [-0.25, -0.2) is 0 Å². The molecule has 0 saturated heterocycles. The maximum Gasteiger partial charge on any atom is 0.274 e. The Morgan fingerprint density at radius 1 is 0.967 bits per heavy atom. The molecule has 0 bridgehead atoms. The number of nitrogens with one attached hydrogen (secondary N) is 2. The van der Waals surface area contributed by atoms with Crippen LogP contribution in [0.15, 0.2) is 79.0 Å². The van der Waals surface area contributed by atoms with Gasteiger partial charge in [-0.15, -0.1) is 0 Å². The SMILES string of the molecule is CCn1c2ccccc2c2cc(NC(=O)c3c[nH]c(=S)n3-c3ccccc3)ccc21. The summed E-state index contributed by atoms with van der Waals surface area (Å²) < 4.78 is 4.51. The Labute approximate surface area is 178 Å². The van der Waals surface area contributed by atoms with Crippen molar-refractivity contribution in [3.63, 3.8) is 0 Å². The van der Waals surface area contributed by atoms with Crippen LogP contribution in [0.1, 0.15) is 17.4 Å². The van der Waals surface area contributed by atoms with Crippen molar-refractivity contribution in [1.82, 2.24) is 14.1 Å². The smallest absolute Gasteiger partial charge is 0.274 e. The van der Waals surface area contributed by atoms with Crippen molar-refractivity contribution in [3.05, 3.63) is 89.5 Å². The molecule has 0 atom stereocenters. The zero-order valence-electron chi connectivity index (χ0n) is 16.4. The molecule has 2 aromatic heterocycles. The van der Waals surface area contributed by atoms with Gasteiger partial charge in [-0.1, -0.05) is 36.4 Å². The van der Waals surface area contributed by atoms with E-state index in [-0.39, 0.29) is 5.91 Å². The second kappa shape index (κ2) is 7.31. The van der Waals surface area contributed by atoms with Gasteiger partial charge in [0, 0.05) is 45.9 Å². The number of fused-ring (bicyclic) bond motifs is 3. The summed E-state index contributed by atoms with van der Waals surface area (Å²) in [6, 6.07) is 24.0. The van der Waals surface area contributed by atoms with E-state index in [4.69, 9.17) is 12.2 Å². The number of hydrogen-bond acceptors (Lipinski definition) is 2. The summed E-state index contributed by atoms with van der Waals surface area (Å²) in [5.74, 6) is -0.218. The highest BCUT2D eigenvalue weighted by molar-refractivity contribution is 7.71. The largest absolute Gasteiger partial charge is 0.341 e. The number of amides is 1. The molecule has 2 heterocycles. The highest BCUT2D eigenvalue weighted by Gasteiger charge is 2.16. The number of aromatic amines is 1. The van der Waals surface area contributed by atoms with Crippen molar-refractivity contribution in [2.75, 3.05) is 5.32 Å². The van der Waals surface area contributed by atoms with Gasteiger partial charge in [-0.2, -0.15) is 0 Å². The number of carbonyl (C=O) groups is 1. The number of benzene rings is 3. The molecule has 5 nitrogen and oxygen atoms in total. The Bertz CT molecular complexity index is 1440. The molecule has 0 spiro atoms. The van der Waals surface area contributed by atoms with Gasteiger partial charge >= 0.3 is 0 Å². The van der Waals surface area contributed by atoms with Crippen molar-refractivity contribution < 1.29 is 4.79 Å². The van der Waals surface area contributed by atoms with Crippen LogP contribution in [-0.2, 0) is 6.54 Å². The molecule has 6 heteroatoms. The number of aromatic nitrogens is 3. The minimum atomic E-state index is -0.218. The number of anilines is 1. The van der Waals surface area contributed by atoms with E-state index in [0.29, 0.717) is 10.5 Å². The lowest BCUT2D eigenvalue weighted by molar-refractivity contribution is 0.102. The number of imidazole rings is 1. The van der Waals surface area contributed by atoms with Crippen molar-refractivity contribution in [2.45, 2.75) is 13.5 Å². The van der Waals surface area contributed by atoms with Crippen molar-refractivity contribution >= 4 is 45.6 Å². The third kappa shape index (κ3) is 2.93. The molecule has 5 rings (SSSR count). The number of rotatable bonds is 4. The van der Waals surface area contributed by atoms with Gasteiger partial charge < -0.3 is 14.9 Å². The summed E-state index contributed by atoms with van der Waals surface area (Å²) >= 11 is 5.40. The third-order valence-corrected chi connectivity index (χ3v) is 5.67.